The van der Waals surface area contributed by atoms with Crippen molar-refractivity contribution in [3.63, 3.8) is 0 Å². The van der Waals surface area contributed by atoms with Crippen molar-refractivity contribution >= 4 is 34.0 Å². The first kappa shape index (κ1) is 17.0. The van der Waals surface area contributed by atoms with Crippen molar-refractivity contribution in [3.8, 4) is 0 Å². The Morgan fingerprint density at radius 2 is 1.96 bits per heavy atom. The molecule has 0 aliphatic heterocycles. The lowest BCUT2D eigenvalue weighted by atomic mass is 10.2. The summed E-state index contributed by atoms with van der Waals surface area (Å²) in [7, 11) is 0. The number of hydrogen-bond acceptors (Lipinski definition) is 5. The van der Waals surface area contributed by atoms with Crippen molar-refractivity contribution in [1.29, 1.82) is 0 Å². The van der Waals surface area contributed by atoms with Gasteiger partial charge in [-0.3, -0.25) is 14.2 Å². The molecule has 0 atom stereocenters. The van der Waals surface area contributed by atoms with Gasteiger partial charge < -0.3 is 4.57 Å². The topological polar surface area (TPSA) is 56.9 Å². The maximum atomic E-state index is 12.7. The first-order valence-corrected chi connectivity index (χ1v) is 9.75. The van der Waals surface area contributed by atoms with Gasteiger partial charge in [0.2, 0.25) is 0 Å². The normalized spacial score (nSPS) is 11.2. The van der Waals surface area contributed by atoms with Gasteiger partial charge in [-0.1, -0.05) is 42.2 Å². The highest BCUT2D eigenvalue weighted by atomic mass is 32.2. The average Bonchev–Trinajstić information content (AvgIpc) is 2.90. The number of aromatic nitrogens is 3. The van der Waals surface area contributed by atoms with Gasteiger partial charge in [-0.15, -0.1) is 0 Å². The molecule has 0 aliphatic carbocycles. The zero-order valence-corrected chi connectivity index (χ0v) is 15.3. The Hall–Kier alpha value is -1.86. The summed E-state index contributed by atoms with van der Waals surface area (Å²) in [6.07, 6.45) is 0.872. The minimum absolute atomic E-state index is 0.00818. The van der Waals surface area contributed by atoms with Crippen LogP contribution in [-0.2, 0) is 13.1 Å². The van der Waals surface area contributed by atoms with Crippen molar-refractivity contribution < 1.29 is 0 Å². The Morgan fingerprint density at radius 1 is 1.17 bits per heavy atom. The quantitative estimate of drug-likeness (QED) is 0.500. The summed E-state index contributed by atoms with van der Waals surface area (Å²) in [5.41, 5.74) is 1.71. The fourth-order valence-electron chi connectivity index (χ4n) is 2.58. The first-order chi connectivity index (χ1) is 11.6. The maximum absolute atomic E-state index is 12.7. The summed E-state index contributed by atoms with van der Waals surface area (Å²) in [5.74, 6) is 0.700. The molecule has 0 unspecified atom stereocenters. The highest BCUT2D eigenvalue weighted by Crippen LogP contribution is 2.18. The van der Waals surface area contributed by atoms with Gasteiger partial charge in [-0.25, -0.2) is 4.98 Å². The highest BCUT2D eigenvalue weighted by Gasteiger charge is 2.11. The molecule has 0 fully saturated rings. The summed E-state index contributed by atoms with van der Waals surface area (Å²) in [6, 6.07) is 7.44. The van der Waals surface area contributed by atoms with Crippen LogP contribution in [0, 0.1) is 6.92 Å². The number of nitrogens with zero attached hydrogens (tertiary/aromatic N) is 3. The van der Waals surface area contributed by atoms with E-state index in [1.54, 1.807) is 9.13 Å². The molecule has 0 spiro atoms. The minimum Gasteiger partial charge on any atom is -0.303 e. The van der Waals surface area contributed by atoms with Crippen LogP contribution < -0.4 is 10.4 Å². The van der Waals surface area contributed by atoms with E-state index in [-0.39, 0.29) is 10.4 Å². The lowest BCUT2D eigenvalue weighted by Gasteiger charge is -2.12. The van der Waals surface area contributed by atoms with Gasteiger partial charge in [0, 0.05) is 29.9 Å². The monoisotopic (exact) mass is 361 g/mol. The average molecular weight is 361 g/mol. The third-order valence-corrected chi connectivity index (χ3v) is 5.63. The van der Waals surface area contributed by atoms with Crippen LogP contribution in [0.2, 0.25) is 0 Å². The molecule has 5 nitrogen and oxygen atoms in total. The summed E-state index contributed by atoms with van der Waals surface area (Å²) in [4.78, 5) is 29.2. The summed E-state index contributed by atoms with van der Waals surface area (Å²) >= 11 is 2.75. The maximum Gasteiger partial charge on any atom is 0.307 e. The minimum atomic E-state index is 0.00818. The van der Waals surface area contributed by atoms with Gasteiger partial charge in [-0.05, 0) is 25.5 Å². The molecule has 7 heteroatoms. The number of para-hydroxylation sites is 1. The second kappa shape index (κ2) is 7.36. The van der Waals surface area contributed by atoms with E-state index in [1.165, 1.54) is 23.1 Å². The predicted octanol–water partition coefficient (Wildman–Crippen LogP) is 3.13. The summed E-state index contributed by atoms with van der Waals surface area (Å²) in [5, 5.41) is 3.25. The number of rotatable bonds is 6. The molecule has 0 bridgehead atoms. The van der Waals surface area contributed by atoms with E-state index in [9.17, 15) is 9.59 Å². The van der Waals surface area contributed by atoms with Gasteiger partial charge in [0.05, 0.1) is 10.9 Å². The molecule has 0 aliphatic rings. The lowest BCUT2D eigenvalue weighted by Crippen LogP contribution is -2.23. The number of fused-ring (bicyclic) bond motifs is 1. The third-order valence-electron chi connectivity index (χ3n) is 3.80. The van der Waals surface area contributed by atoms with Crippen molar-refractivity contribution in [2.24, 2.45) is 0 Å². The standard InChI is InChI=1S/C17H19N3O2S2/c1-3-8-20-15(21)13-6-4-5-7-14(13)18-16(20)23-10-9-19-12(2)11-24-17(19)22/h4-7,11H,3,8-10H2,1-2H3. The zero-order valence-electron chi connectivity index (χ0n) is 13.7. The Kier molecular flexibility index (Phi) is 5.20. The molecule has 126 valence electrons. The molecule has 2 heterocycles. The second-order valence-corrected chi connectivity index (χ2v) is 7.39. The van der Waals surface area contributed by atoms with Crippen molar-refractivity contribution in [3.05, 3.63) is 55.4 Å². The van der Waals surface area contributed by atoms with E-state index >= 15 is 0 Å². The van der Waals surface area contributed by atoms with E-state index < -0.39 is 0 Å². The second-order valence-electron chi connectivity index (χ2n) is 5.51. The van der Waals surface area contributed by atoms with Gasteiger partial charge in [0.15, 0.2) is 5.16 Å². The molecule has 0 radical (unpaired) electrons. The Labute approximate surface area is 148 Å². The molecular formula is C17H19N3O2S2. The number of thiazole rings is 1. The molecule has 0 N–H and O–H groups in total. The van der Waals surface area contributed by atoms with Crippen LogP contribution in [0.15, 0.2) is 44.4 Å². The smallest absolute Gasteiger partial charge is 0.303 e. The van der Waals surface area contributed by atoms with Gasteiger partial charge in [0.1, 0.15) is 0 Å². The van der Waals surface area contributed by atoms with Crippen LogP contribution in [0.25, 0.3) is 10.9 Å². The third kappa shape index (κ3) is 3.32. The predicted molar refractivity (Wildman–Crippen MR) is 100 cm³/mol. The first-order valence-electron chi connectivity index (χ1n) is 7.89. The number of thioether (sulfide) groups is 1. The number of aryl methyl sites for hydroxylation is 1. The van der Waals surface area contributed by atoms with Crippen LogP contribution in [0.5, 0.6) is 0 Å². The largest absolute Gasteiger partial charge is 0.307 e. The van der Waals surface area contributed by atoms with Gasteiger partial charge in [-0.2, -0.15) is 0 Å². The molecule has 2 aromatic heterocycles. The molecule has 3 aromatic rings. The van der Waals surface area contributed by atoms with E-state index in [0.29, 0.717) is 24.2 Å². The van der Waals surface area contributed by atoms with Crippen LogP contribution in [-0.4, -0.2) is 19.9 Å². The van der Waals surface area contributed by atoms with Gasteiger partial charge >= 0.3 is 4.87 Å². The van der Waals surface area contributed by atoms with E-state index in [2.05, 4.69) is 4.98 Å². The van der Waals surface area contributed by atoms with Crippen molar-refractivity contribution in [2.45, 2.75) is 38.5 Å². The van der Waals surface area contributed by atoms with Crippen molar-refractivity contribution in [2.75, 3.05) is 5.75 Å². The van der Waals surface area contributed by atoms with Crippen molar-refractivity contribution in [1.82, 2.24) is 14.1 Å². The van der Waals surface area contributed by atoms with Crippen LogP contribution in [0.3, 0.4) is 0 Å². The highest BCUT2D eigenvalue weighted by molar-refractivity contribution is 7.99. The fraction of sp³-hybridized carbons (Fsp3) is 0.353. The molecular weight excluding hydrogens is 342 g/mol. The summed E-state index contributed by atoms with van der Waals surface area (Å²) in [6.45, 7) is 5.25. The molecule has 0 saturated heterocycles. The van der Waals surface area contributed by atoms with Crippen LogP contribution >= 0.6 is 23.1 Å². The SMILES string of the molecule is CCCn1c(SCCn2c(C)csc2=O)nc2ccccc2c1=O. The molecule has 3 rings (SSSR count). The Bertz CT molecular complexity index is 972. The molecule has 0 amide bonds. The van der Waals surface area contributed by atoms with E-state index in [1.807, 2.05) is 43.5 Å². The number of benzene rings is 1. The fourth-order valence-corrected chi connectivity index (χ4v) is 4.29. The lowest BCUT2D eigenvalue weighted by molar-refractivity contribution is 0.584. The summed E-state index contributed by atoms with van der Waals surface area (Å²) < 4.78 is 3.51. The van der Waals surface area contributed by atoms with E-state index in [4.69, 9.17) is 0 Å². The van der Waals surface area contributed by atoms with Crippen LogP contribution in [0.1, 0.15) is 19.0 Å². The zero-order chi connectivity index (χ0) is 17.1. The van der Waals surface area contributed by atoms with Crippen LogP contribution in [0.4, 0.5) is 0 Å². The van der Waals surface area contributed by atoms with E-state index in [0.717, 1.165) is 22.8 Å². The molecule has 24 heavy (non-hydrogen) atoms. The Morgan fingerprint density at radius 3 is 2.67 bits per heavy atom. The van der Waals surface area contributed by atoms with Gasteiger partial charge in [0.25, 0.3) is 5.56 Å². The molecule has 0 saturated carbocycles. The number of hydrogen-bond donors (Lipinski definition) is 0. The molecule has 1 aromatic carbocycles. The Balaban J connectivity index is 1.89.